The van der Waals surface area contributed by atoms with E-state index in [1.54, 1.807) is 32.3 Å². The summed E-state index contributed by atoms with van der Waals surface area (Å²) >= 11 is 0. The number of amides is 2. The molecule has 1 aliphatic carbocycles. The van der Waals surface area contributed by atoms with E-state index in [-0.39, 0.29) is 17.6 Å². The molecule has 214 valence electrons. The lowest BCUT2D eigenvalue weighted by Crippen LogP contribution is -2.45. The summed E-state index contributed by atoms with van der Waals surface area (Å²) in [7, 11) is 6.86. The number of ether oxygens (including phenoxy) is 1. The first kappa shape index (κ1) is 30.4. The number of carbonyl (C=O) groups excluding carboxylic acids is 2. The predicted molar refractivity (Wildman–Crippen MR) is 154 cm³/mol. The number of benzene rings is 1. The van der Waals surface area contributed by atoms with E-state index in [1.807, 2.05) is 19.0 Å². The van der Waals surface area contributed by atoms with E-state index in [2.05, 4.69) is 37.8 Å². The van der Waals surface area contributed by atoms with E-state index in [4.69, 9.17) is 4.74 Å². The number of aromatic nitrogens is 2. The molecule has 1 aromatic heterocycles. The molecule has 2 aromatic rings. The highest BCUT2D eigenvalue weighted by Gasteiger charge is 2.23. The number of hydrogen-bond acceptors (Lipinski definition) is 8. The minimum atomic E-state index is -0.586. The second kappa shape index (κ2) is 14.8. The van der Waals surface area contributed by atoms with E-state index in [0.717, 1.165) is 12.8 Å². The molecule has 1 unspecified atom stereocenters. The lowest BCUT2D eigenvalue weighted by Gasteiger charge is -2.23. The maximum atomic E-state index is 14.0. The molecule has 0 saturated heterocycles. The molecule has 40 heavy (non-hydrogen) atoms. The van der Waals surface area contributed by atoms with E-state index in [1.165, 1.54) is 30.2 Å². The molecule has 3 N–H and O–H groups in total. The van der Waals surface area contributed by atoms with Crippen LogP contribution in [0.1, 0.15) is 38.2 Å². The van der Waals surface area contributed by atoms with Crippen molar-refractivity contribution in [3.05, 3.63) is 47.9 Å². The van der Waals surface area contributed by atoms with Gasteiger partial charge in [-0.15, -0.1) is 0 Å². The maximum absolute atomic E-state index is 14.0. The van der Waals surface area contributed by atoms with Gasteiger partial charge in [-0.25, -0.2) is 9.37 Å². The Balaban J connectivity index is 1.50. The van der Waals surface area contributed by atoms with Crippen LogP contribution in [0.4, 0.5) is 21.8 Å². The van der Waals surface area contributed by atoms with Crippen LogP contribution in [0.3, 0.4) is 0 Å². The molecular weight excluding hydrogens is 513 g/mol. The van der Waals surface area contributed by atoms with Crippen molar-refractivity contribution in [2.24, 2.45) is 0 Å². The van der Waals surface area contributed by atoms with Crippen LogP contribution in [-0.2, 0) is 9.59 Å². The van der Waals surface area contributed by atoms with Gasteiger partial charge in [0.25, 0.3) is 0 Å². The first-order valence-electron chi connectivity index (χ1n) is 13.3. The Kier molecular flexibility index (Phi) is 11.3. The third-order valence-corrected chi connectivity index (χ3v) is 6.15. The van der Waals surface area contributed by atoms with Crippen molar-refractivity contribution in [3.63, 3.8) is 0 Å². The van der Waals surface area contributed by atoms with Crippen molar-refractivity contribution in [2.45, 2.75) is 44.7 Å². The largest absolute Gasteiger partial charge is 0.494 e. The Morgan fingerprint density at radius 1 is 1.27 bits per heavy atom. The number of nitrogens with one attached hydrogen (secondary N) is 3. The van der Waals surface area contributed by atoms with E-state index >= 15 is 0 Å². The van der Waals surface area contributed by atoms with Crippen LogP contribution in [0.5, 0.6) is 5.75 Å². The van der Waals surface area contributed by atoms with Gasteiger partial charge in [-0.05, 0) is 52.4 Å². The summed E-state index contributed by atoms with van der Waals surface area (Å²) in [6.07, 6.45) is 8.23. The van der Waals surface area contributed by atoms with Crippen molar-refractivity contribution < 1.29 is 18.7 Å². The summed E-state index contributed by atoms with van der Waals surface area (Å²) in [5, 5.41) is 9.25. The zero-order chi connectivity index (χ0) is 29.1. The average Bonchev–Trinajstić information content (AvgIpc) is 3.74. The van der Waals surface area contributed by atoms with Gasteiger partial charge >= 0.3 is 0 Å². The fourth-order valence-corrected chi connectivity index (χ4v) is 3.48. The highest BCUT2D eigenvalue weighted by Crippen LogP contribution is 2.27. The Hall–Kier alpha value is -4.17. The minimum absolute atomic E-state index is 0.160. The van der Waals surface area contributed by atoms with E-state index in [9.17, 15) is 14.0 Å². The van der Waals surface area contributed by atoms with Crippen LogP contribution in [0, 0.1) is 17.7 Å². The van der Waals surface area contributed by atoms with Crippen molar-refractivity contribution in [1.82, 2.24) is 25.1 Å². The molecule has 10 nitrogen and oxygen atoms in total. The van der Waals surface area contributed by atoms with Gasteiger partial charge in [0, 0.05) is 50.4 Å². The second-order valence-corrected chi connectivity index (χ2v) is 9.83. The molecule has 1 fully saturated rings. The van der Waals surface area contributed by atoms with Crippen LogP contribution in [0.2, 0.25) is 0 Å². The molecule has 1 atom stereocenters. The van der Waals surface area contributed by atoms with Crippen LogP contribution >= 0.6 is 0 Å². The Labute approximate surface area is 235 Å². The molecule has 0 aliphatic heterocycles. The molecule has 11 heteroatoms. The predicted octanol–water partition coefficient (Wildman–Crippen LogP) is 3.15. The Morgan fingerprint density at radius 2 is 2.05 bits per heavy atom. The number of nitrogens with zero attached hydrogens (tertiary/aromatic N) is 4. The molecule has 0 radical (unpaired) electrons. The summed E-state index contributed by atoms with van der Waals surface area (Å²) in [5.41, 5.74) is 1.17. The molecule has 1 saturated carbocycles. The van der Waals surface area contributed by atoms with Gasteiger partial charge in [0.1, 0.15) is 11.9 Å². The fourth-order valence-electron chi connectivity index (χ4n) is 3.48. The zero-order valence-corrected chi connectivity index (χ0v) is 23.8. The van der Waals surface area contributed by atoms with Crippen LogP contribution < -0.4 is 20.7 Å². The molecule has 0 bridgehead atoms. The topological polar surface area (TPSA) is 112 Å². The van der Waals surface area contributed by atoms with Crippen molar-refractivity contribution in [2.75, 3.05) is 52.0 Å². The number of halogens is 1. The third-order valence-electron chi connectivity index (χ3n) is 6.15. The van der Waals surface area contributed by atoms with Gasteiger partial charge in [-0.1, -0.05) is 17.9 Å². The molecular formula is C29H38FN7O3. The third kappa shape index (κ3) is 9.54. The average molecular weight is 552 g/mol. The molecule has 3 rings (SSSR count). The summed E-state index contributed by atoms with van der Waals surface area (Å²) in [6, 6.07) is 4.31. The maximum Gasteiger partial charge on any atom is 0.246 e. The van der Waals surface area contributed by atoms with Crippen LogP contribution in [-0.4, -0.2) is 85.0 Å². The lowest BCUT2D eigenvalue weighted by atomic mass is 10.2. The number of anilines is 3. The zero-order valence-electron chi connectivity index (χ0n) is 23.8. The van der Waals surface area contributed by atoms with Crippen LogP contribution in [0.25, 0.3) is 0 Å². The monoisotopic (exact) mass is 551 g/mol. The van der Waals surface area contributed by atoms with E-state index in [0.29, 0.717) is 55.0 Å². The molecule has 1 aromatic carbocycles. The quantitative estimate of drug-likeness (QED) is 0.198. The Bertz CT molecular complexity index is 1270. The SMILES string of the molecule is COc1ccc(Nc2ncc(C#CCCCNC(=O)C(C)N(C)C(=O)/C=C/CN(C)C)c(NC3CC3)n2)cc1F. The molecule has 1 aliphatic rings. The summed E-state index contributed by atoms with van der Waals surface area (Å²) in [6.45, 7) is 2.80. The van der Waals surface area contributed by atoms with Gasteiger partial charge in [-0.3, -0.25) is 9.59 Å². The minimum Gasteiger partial charge on any atom is -0.494 e. The van der Waals surface area contributed by atoms with E-state index < -0.39 is 11.9 Å². The first-order chi connectivity index (χ1) is 19.2. The van der Waals surface area contributed by atoms with Gasteiger partial charge in [-0.2, -0.15) is 4.98 Å². The summed E-state index contributed by atoms with van der Waals surface area (Å²) in [5.74, 6) is 6.43. The number of methoxy groups -OCH3 is 1. The number of hydrogen-bond donors (Lipinski definition) is 3. The van der Waals surface area contributed by atoms with Crippen molar-refractivity contribution in [1.29, 1.82) is 0 Å². The summed E-state index contributed by atoms with van der Waals surface area (Å²) < 4.78 is 19.0. The lowest BCUT2D eigenvalue weighted by molar-refractivity contribution is -0.135. The number of unbranched alkanes of at least 4 members (excludes halogenated alkanes) is 1. The highest BCUT2D eigenvalue weighted by molar-refractivity contribution is 5.92. The van der Waals surface area contributed by atoms with Gasteiger partial charge in [0.15, 0.2) is 11.6 Å². The van der Waals surface area contributed by atoms with Crippen molar-refractivity contribution >= 4 is 29.3 Å². The summed E-state index contributed by atoms with van der Waals surface area (Å²) in [4.78, 5) is 37.0. The first-order valence-corrected chi connectivity index (χ1v) is 13.3. The van der Waals surface area contributed by atoms with Crippen LogP contribution in [0.15, 0.2) is 36.5 Å². The number of likely N-dealkylation sites (N-methyl/N-ethyl adjacent to an activating group) is 2. The number of carbonyl (C=O) groups is 2. The fraction of sp³-hybridized carbons (Fsp3) is 0.448. The number of rotatable bonds is 13. The second-order valence-electron chi connectivity index (χ2n) is 9.83. The smallest absolute Gasteiger partial charge is 0.246 e. The standard InChI is InChI=1S/C29H38FN7O3/c1-20(37(4)26(38)11-9-17-36(2)3)28(39)31-16-8-6-7-10-21-19-32-29(35-27(21)33-22-12-13-22)34-23-14-15-25(40-5)24(30)18-23/h9,11,14-15,18-20,22H,6,8,12-13,16-17H2,1-5H3,(H,31,39)(H2,32,33,34,35)/b11-9+. The highest BCUT2D eigenvalue weighted by atomic mass is 19.1. The van der Waals surface area contributed by atoms with Gasteiger partial charge in [0.05, 0.1) is 18.9 Å². The normalized spacial score (nSPS) is 13.4. The molecule has 2 amide bonds. The van der Waals surface area contributed by atoms with Crippen molar-refractivity contribution in [3.8, 4) is 17.6 Å². The Morgan fingerprint density at radius 3 is 2.73 bits per heavy atom. The molecule has 0 spiro atoms. The van der Waals surface area contributed by atoms with Gasteiger partial charge in [0.2, 0.25) is 17.8 Å². The molecule has 1 heterocycles. The van der Waals surface area contributed by atoms with Gasteiger partial charge < -0.3 is 30.5 Å².